The van der Waals surface area contributed by atoms with Crippen molar-refractivity contribution < 1.29 is 9.47 Å². The highest BCUT2D eigenvalue weighted by Gasteiger charge is 2.09. The minimum Gasteiger partial charge on any atom is -0.496 e. The van der Waals surface area contributed by atoms with Crippen LogP contribution in [0.1, 0.15) is 11.4 Å². The molecule has 0 aliphatic heterocycles. The molecule has 1 aromatic carbocycles. The van der Waals surface area contributed by atoms with Crippen LogP contribution in [0.25, 0.3) is 0 Å². The van der Waals surface area contributed by atoms with E-state index in [-0.39, 0.29) is 0 Å². The molecule has 0 saturated carbocycles. The third-order valence-electron chi connectivity index (χ3n) is 2.88. The maximum atomic E-state index is 5.33. The normalized spacial score (nSPS) is 10.7. The van der Waals surface area contributed by atoms with Gasteiger partial charge in [-0.2, -0.15) is 0 Å². The molecular formula is C13H19N5O2. The fourth-order valence-electron chi connectivity index (χ4n) is 1.84. The first-order chi connectivity index (χ1) is 9.85. The van der Waals surface area contributed by atoms with Crippen LogP contribution in [0.5, 0.6) is 5.75 Å². The van der Waals surface area contributed by atoms with Crippen molar-refractivity contribution >= 4 is 0 Å². The Morgan fingerprint density at radius 2 is 2.10 bits per heavy atom. The molecule has 1 heterocycles. The molecule has 7 heteroatoms. The highest BCUT2D eigenvalue weighted by Crippen LogP contribution is 2.18. The third kappa shape index (κ3) is 3.75. The average Bonchev–Trinajstić information content (AvgIpc) is 2.91. The Morgan fingerprint density at radius 3 is 2.90 bits per heavy atom. The van der Waals surface area contributed by atoms with Crippen LogP contribution in [0, 0.1) is 0 Å². The molecule has 2 aromatic rings. The van der Waals surface area contributed by atoms with Gasteiger partial charge in [0.15, 0.2) is 5.82 Å². The zero-order chi connectivity index (χ0) is 14.2. The van der Waals surface area contributed by atoms with Crippen LogP contribution < -0.4 is 10.1 Å². The highest BCUT2D eigenvalue weighted by molar-refractivity contribution is 5.33. The lowest BCUT2D eigenvalue weighted by Gasteiger charge is -2.09. The Hall–Kier alpha value is -1.99. The predicted molar refractivity (Wildman–Crippen MR) is 73.5 cm³/mol. The van der Waals surface area contributed by atoms with E-state index in [1.54, 1.807) is 18.9 Å². The number of aromatic nitrogens is 4. The van der Waals surface area contributed by atoms with Gasteiger partial charge in [0, 0.05) is 19.2 Å². The van der Waals surface area contributed by atoms with Crippen LogP contribution in [0.15, 0.2) is 24.3 Å². The highest BCUT2D eigenvalue weighted by atomic mass is 16.5. The fraction of sp³-hybridized carbons (Fsp3) is 0.462. The van der Waals surface area contributed by atoms with E-state index in [0.717, 1.165) is 23.7 Å². The summed E-state index contributed by atoms with van der Waals surface area (Å²) in [4.78, 5) is 0. The SMILES string of the molecule is COCCNCc1nnnn1Cc1ccccc1OC. The lowest BCUT2D eigenvalue weighted by molar-refractivity contribution is 0.198. The summed E-state index contributed by atoms with van der Waals surface area (Å²) in [5.41, 5.74) is 1.04. The van der Waals surface area contributed by atoms with E-state index in [9.17, 15) is 0 Å². The van der Waals surface area contributed by atoms with Gasteiger partial charge in [-0.1, -0.05) is 18.2 Å². The number of hydrogen-bond donors (Lipinski definition) is 1. The topological polar surface area (TPSA) is 74.1 Å². The summed E-state index contributed by atoms with van der Waals surface area (Å²) in [6.07, 6.45) is 0. The first-order valence-electron chi connectivity index (χ1n) is 6.41. The maximum absolute atomic E-state index is 5.33. The Kier molecular flexibility index (Phi) is 5.45. The number of methoxy groups -OCH3 is 2. The third-order valence-corrected chi connectivity index (χ3v) is 2.88. The molecule has 0 fully saturated rings. The first kappa shape index (κ1) is 14.4. The van der Waals surface area contributed by atoms with Crippen molar-refractivity contribution in [2.24, 2.45) is 0 Å². The molecule has 0 atom stereocenters. The zero-order valence-electron chi connectivity index (χ0n) is 11.7. The Labute approximate surface area is 117 Å². The van der Waals surface area contributed by atoms with Crippen molar-refractivity contribution in [1.29, 1.82) is 0 Å². The van der Waals surface area contributed by atoms with E-state index in [4.69, 9.17) is 9.47 Å². The molecule has 7 nitrogen and oxygen atoms in total. The molecule has 0 amide bonds. The standard InChI is InChI=1S/C13H19N5O2/c1-19-8-7-14-9-13-15-16-17-18(13)10-11-5-3-4-6-12(11)20-2/h3-6,14H,7-10H2,1-2H3. The van der Waals surface area contributed by atoms with E-state index in [2.05, 4.69) is 20.8 Å². The average molecular weight is 277 g/mol. The lowest BCUT2D eigenvalue weighted by atomic mass is 10.2. The summed E-state index contributed by atoms with van der Waals surface area (Å²) in [6, 6.07) is 7.84. The van der Waals surface area contributed by atoms with Crippen molar-refractivity contribution in [1.82, 2.24) is 25.5 Å². The largest absolute Gasteiger partial charge is 0.496 e. The summed E-state index contributed by atoms with van der Waals surface area (Å²) >= 11 is 0. The first-order valence-corrected chi connectivity index (χ1v) is 6.41. The van der Waals surface area contributed by atoms with Gasteiger partial charge in [0.25, 0.3) is 0 Å². The number of para-hydroxylation sites is 1. The molecule has 2 rings (SSSR count). The molecule has 0 aliphatic carbocycles. The minimum absolute atomic E-state index is 0.582. The number of nitrogens with one attached hydrogen (secondary N) is 1. The van der Waals surface area contributed by atoms with E-state index >= 15 is 0 Å². The summed E-state index contributed by atoms with van der Waals surface area (Å²) in [5.74, 6) is 1.62. The van der Waals surface area contributed by atoms with Gasteiger partial charge >= 0.3 is 0 Å². The molecule has 1 N–H and O–H groups in total. The van der Waals surface area contributed by atoms with Crippen molar-refractivity contribution in [3.8, 4) is 5.75 Å². The van der Waals surface area contributed by atoms with E-state index in [1.165, 1.54) is 0 Å². The monoisotopic (exact) mass is 277 g/mol. The van der Waals surface area contributed by atoms with Gasteiger partial charge in [-0.3, -0.25) is 0 Å². The number of hydrogen-bond acceptors (Lipinski definition) is 6. The number of benzene rings is 1. The van der Waals surface area contributed by atoms with Gasteiger partial charge in [0.1, 0.15) is 5.75 Å². The molecule has 0 unspecified atom stereocenters. The Balaban J connectivity index is 2.01. The van der Waals surface area contributed by atoms with Crippen LogP contribution in [0.3, 0.4) is 0 Å². The maximum Gasteiger partial charge on any atom is 0.165 e. The van der Waals surface area contributed by atoms with Crippen molar-refractivity contribution in [3.05, 3.63) is 35.7 Å². The number of tetrazole rings is 1. The predicted octanol–water partition coefficient (Wildman–Crippen LogP) is 0.466. The van der Waals surface area contributed by atoms with Crippen molar-refractivity contribution in [2.45, 2.75) is 13.1 Å². The number of ether oxygens (including phenoxy) is 2. The Bertz CT molecular complexity index is 529. The van der Waals surface area contributed by atoms with Crippen LogP contribution in [-0.2, 0) is 17.8 Å². The second-order valence-corrected chi connectivity index (χ2v) is 4.23. The van der Waals surface area contributed by atoms with Gasteiger partial charge in [0.2, 0.25) is 0 Å². The quantitative estimate of drug-likeness (QED) is 0.707. The Morgan fingerprint density at radius 1 is 1.25 bits per heavy atom. The van der Waals surface area contributed by atoms with Crippen molar-refractivity contribution in [2.75, 3.05) is 27.4 Å². The van der Waals surface area contributed by atoms with Gasteiger partial charge in [0.05, 0.1) is 26.8 Å². The van der Waals surface area contributed by atoms with Gasteiger partial charge in [-0.25, -0.2) is 4.68 Å². The molecule has 0 radical (unpaired) electrons. The molecular weight excluding hydrogens is 258 g/mol. The fourth-order valence-corrected chi connectivity index (χ4v) is 1.84. The number of nitrogens with zero attached hydrogens (tertiary/aromatic N) is 4. The van der Waals surface area contributed by atoms with Gasteiger partial charge in [-0.05, 0) is 16.5 Å². The molecule has 0 aliphatic rings. The van der Waals surface area contributed by atoms with E-state index in [0.29, 0.717) is 19.7 Å². The second-order valence-electron chi connectivity index (χ2n) is 4.23. The number of rotatable bonds is 8. The molecule has 0 spiro atoms. The molecule has 108 valence electrons. The minimum atomic E-state index is 0.582. The second kappa shape index (κ2) is 7.56. The van der Waals surface area contributed by atoms with E-state index in [1.807, 2.05) is 24.3 Å². The zero-order valence-corrected chi connectivity index (χ0v) is 11.7. The van der Waals surface area contributed by atoms with Crippen molar-refractivity contribution in [3.63, 3.8) is 0 Å². The van der Waals surface area contributed by atoms with Gasteiger partial charge in [-0.15, -0.1) is 5.10 Å². The molecule has 0 bridgehead atoms. The van der Waals surface area contributed by atoms with Crippen LogP contribution in [0.2, 0.25) is 0 Å². The van der Waals surface area contributed by atoms with Crippen LogP contribution in [0.4, 0.5) is 0 Å². The smallest absolute Gasteiger partial charge is 0.165 e. The van der Waals surface area contributed by atoms with E-state index < -0.39 is 0 Å². The molecule has 20 heavy (non-hydrogen) atoms. The summed E-state index contributed by atoms with van der Waals surface area (Å²) in [5, 5.41) is 15.0. The summed E-state index contributed by atoms with van der Waals surface area (Å²) in [7, 11) is 3.33. The molecule has 1 aromatic heterocycles. The van der Waals surface area contributed by atoms with Crippen LogP contribution in [-0.4, -0.2) is 47.6 Å². The lowest BCUT2D eigenvalue weighted by Crippen LogP contribution is -2.21. The molecule has 0 saturated heterocycles. The van der Waals surface area contributed by atoms with Crippen LogP contribution >= 0.6 is 0 Å². The summed E-state index contributed by atoms with van der Waals surface area (Å²) < 4.78 is 12.1. The summed E-state index contributed by atoms with van der Waals surface area (Å²) in [6.45, 7) is 2.61. The van der Waals surface area contributed by atoms with Gasteiger partial charge < -0.3 is 14.8 Å².